The fraction of sp³-hybridized carbons (Fsp3) is 0.350. The summed E-state index contributed by atoms with van der Waals surface area (Å²) < 4.78 is 57.0. The van der Waals surface area contributed by atoms with Crippen LogP contribution in [0.25, 0.3) is 0 Å². The Labute approximate surface area is 175 Å². The third-order valence-electron chi connectivity index (χ3n) is 5.19. The molecule has 2 atom stereocenters. The Bertz CT molecular complexity index is 1030. The first-order valence-electron chi connectivity index (χ1n) is 9.73. The summed E-state index contributed by atoms with van der Waals surface area (Å²) >= 11 is 0. The van der Waals surface area contributed by atoms with Gasteiger partial charge in [0.05, 0.1) is 18.6 Å². The van der Waals surface area contributed by atoms with Crippen molar-refractivity contribution < 1.29 is 22.4 Å². The molecule has 0 fully saturated rings. The summed E-state index contributed by atoms with van der Waals surface area (Å²) in [6.07, 6.45) is 1.99. The average Bonchev–Trinajstić information content (AvgIpc) is 3.40. The Kier molecular flexibility index (Phi) is 5.66. The predicted molar refractivity (Wildman–Crippen MR) is 104 cm³/mol. The average molecular weight is 436 g/mol. The quantitative estimate of drug-likeness (QED) is 0.456. The number of hydrogen-bond acceptors (Lipinski definition) is 4. The van der Waals surface area contributed by atoms with Crippen LogP contribution in [0.2, 0.25) is 0 Å². The van der Waals surface area contributed by atoms with Crippen LogP contribution in [0.4, 0.5) is 23.4 Å². The standard InChI is InChI=1S/C20H20F4N6O/c21-14-4-2-13(3-5-14)16-10-17(20(22,23)24)30-18(28-16)15(11-27-30)19(31)26-6-1-8-29-9-7-25-12-29/h2-5,7,9,11-12,16-17,28H,1,6,8,10H2,(H,26,31)/t16-,17+/m0/s1. The maximum atomic E-state index is 13.7. The van der Waals surface area contributed by atoms with E-state index in [1.54, 1.807) is 18.7 Å². The van der Waals surface area contributed by atoms with Gasteiger partial charge in [0.15, 0.2) is 6.04 Å². The number of carbonyl (C=O) groups excluding carboxylic acids is 1. The maximum absolute atomic E-state index is 13.7. The monoisotopic (exact) mass is 436 g/mol. The minimum absolute atomic E-state index is 0.00462. The van der Waals surface area contributed by atoms with Crippen LogP contribution in [0.3, 0.4) is 0 Å². The molecular formula is C20H20F4N6O. The number of nitrogens with one attached hydrogen (secondary N) is 2. The molecule has 0 saturated heterocycles. The molecule has 1 aliphatic heterocycles. The van der Waals surface area contributed by atoms with Crippen molar-refractivity contribution in [3.05, 3.63) is 66.1 Å². The van der Waals surface area contributed by atoms with E-state index >= 15 is 0 Å². The fourth-order valence-corrected chi connectivity index (χ4v) is 3.62. The van der Waals surface area contributed by atoms with Crippen molar-refractivity contribution in [1.82, 2.24) is 24.6 Å². The Morgan fingerprint density at radius 2 is 2.03 bits per heavy atom. The Balaban J connectivity index is 1.51. The fourth-order valence-electron chi connectivity index (χ4n) is 3.62. The number of rotatable bonds is 6. The van der Waals surface area contributed by atoms with Gasteiger partial charge in [-0.05, 0) is 24.1 Å². The second kappa shape index (κ2) is 8.40. The first kappa shape index (κ1) is 20.9. The highest BCUT2D eigenvalue weighted by atomic mass is 19.4. The molecule has 1 aliphatic rings. The zero-order valence-electron chi connectivity index (χ0n) is 16.3. The molecule has 3 aromatic rings. The van der Waals surface area contributed by atoms with Crippen molar-refractivity contribution in [2.45, 2.75) is 37.6 Å². The molecule has 0 radical (unpaired) electrons. The number of carbonyl (C=O) groups is 1. The van der Waals surface area contributed by atoms with Gasteiger partial charge in [-0.3, -0.25) is 4.79 Å². The molecule has 164 valence electrons. The molecule has 31 heavy (non-hydrogen) atoms. The molecule has 7 nitrogen and oxygen atoms in total. The Morgan fingerprint density at radius 1 is 1.26 bits per heavy atom. The molecular weight excluding hydrogens is 416 g/mol. The SMILES string of the molecule is O=C(NCCCn1ccnc1)c1cnn2c1N[C@H](c1ccc(F)cc1)C[C@@H]2C(F)(F)F. The smallest absolute Gasteiger partial charge is 0.363 e. The van der Waals surface area contributed by atoms with Crippen LogP contribution in [0.15, 0.2) is 49.2 Å². The van der Waals surface area contributed by atoms with Crippen LogP contribution in [0.5, 0.6) is 0 Å². The first-order chi connectivity index (χ1) is 14.8. The Morgan fingerprint density at radius 3 is 2.71 bits per heavy atom. The Hall–Kier alpha value is -3.37. The van der Waals surface area contributed by atoms with Crippen molar-refractivity contribution in [1.29, 1.82) is 0 Å². The zero-order chi connectivity index (χ0) is 22.0. The molecule has 4 rings (SSSR count). The van der Waals surface area contributed by atoms with Crippen molar-refractivity contribution >= 4 is 11.7 Å². The molecule has 2 aromatic heterocycles. The first-order valence-corrected chi connectivity index (χ1v) is 9.73. The second-order valence-corrected chi connectivity index (χ2v) is 7.30. The van der Waals surface area contributed by atoms with Gasteiger partial charge < -0.3 is 15.2 Å². The van der Waals surface area contributed by atoms with Crippen molar-refractivity contribution in [3.63, 3.8) is 0 Å². The summed E-state index contributed by atoms with van der Waals surface area (Å²) in [6, 6.07) is 2.61. The van der Waals surface area contributed by atoms with Crippen LogP contribution >= 0.6 is 0 Å². The number of fused-ring (bicyclic) bond motifs is 1. The summed E-state index contributed by atoms with van der Waals surface area (Å²) in [5.41, 5.74) is 0.526. The van der Waals surface area contributed by atoms with E-state index in [9.17, 15) is 22.4 Å². The molecule has 0 spiro atoms. The maximum Gasteiger partial charge on any atom is 0.410 e. The van der Waals surface area contributed by atoms with E-state index in [0.29, 0.717) is 25.1 Å². The summed E-state index contributed by atoms with van der Waals surface area (Å²) in [7, 11) is 0. The number of amides is 1. The minimum atomic E-state index is -4.56. The molecule has 3 heterocycles. The predicted octanol–water partition coefficient (Wildman–Crippen LogP) is 3.70. The molecule has 1 amide bonds. The van der Waals surface area contributed by atoms with Crippen molar-refractivity contribution in [2.75, 3.05) is 11.9 Å². The van der Waals surface area contributed by atoms with Gasteiger partial charge in [0.1, 0.15) is 17.2 Å². The lowest BCUT2D eigenvalue weighted by Crippen LogP contribution is -2.36. The highest BCUT2D eigenvalue weighted by Crippen LogP contribution is 2.44. The molecule has 1 aromatic carbocycles. The molecule has 0 aliphatic carbocycles. The third kappa shape index (κ3) is 4.54. The van der Waals surface area contributed by atoms with Gasteiger partial charge in [-0.25, -0.2) is 14.1 Å². The van der Waals surface area contributed by atoms with Crippen LogP contribution in [0, 0.1) is 5.82 Å². The number of nitrogens with zero attached hydrogens (tertiary/aromatic N) is 4. The normalized spacial score (nSPS) is 18.3. The molecule has 0 saturated carbocycles. The molecule has 2 N–H and O–H groups in total. The van der Waals surface area contributed by atoms with Gasteiger partial charge in [-0.2, -0.15) is 18.3 Å². The van der Waals surface area contributed by atoms with Gasteiger partial charge in [-0.1, -0.05) is 12.1 Å². The van der Waals surface area contributed by atoms with Crippen LogP contribution in [-0.2, 0) is 6.54 Å². The number of hydrogen-bond donors (Lipinski definition) is 2. The van der Waals surface area contributed by atoms with E-state index in [2.05, 4.69) is 20.7 Å². The molecule has 0 unspecified atom stereocenters. The molecule has 11 heteroatoms. The van der Waals surface area contributed by atoms with Gasteiger partial charge in [0.25, 0.3) is 5.91 Å². The largest absolute Gasteiger partial charge is 0.410 e. The summed E-state index contributed by atoms with van der Waals surface area (Å²) in [4.78, 5) is 16.6. The van der Waals surface area contributed by atoms with Crippen molar-refractivity contribution in [3.8, 4) is 0 Å². The zero-order valence-corrected chi connectivity index (χ0v) is 16.3. The number of imidazole rings is 1. The van der Waals surface area contributed by atoms with E-state index in [4.69, 9.17) is 0 Å². The van der Waals surface area contributed by atoms with E-state index < -0.39 is 30.0 Å². The van der Waals surface area contributed by atoms with Gasteiger partial charge in [0, 0.05) is 31.9 Å². The number of halogens is 4. The topological polar surface area (TPSA) is 76.8 Å². The lowest BCUT2D eigenvalue weighted by atomic mass is 9.96. The summed E-state index contributed by atoms with van der Waals surface area (Å²) in [5, 5.41) is 9.54. The van der Waals surface area contributed by atoms with Crippen LogP contribution in [0.1, 0.15) is 40.8 Å². The van der Waals surface area contributed by atoms with Crippen molar-refractivity contribution in [2.24, 2.45) is 0 Å². The number of aryl methyl sites for hydroxylation is 1. The van der Waals surface area contributed by atoms with E-state index in [1.807, 2.05) is 4.57 Å². The van der Waals surface area contributed by atoms with Gasteiger partial charge in [-0.15, -0.1) is 0 Å². The van der Waals surface area contributed by atoms with Crippen LogP contribution in [-0.4, -0.2) is 38.0 Å². The van der Waals surface area contributed by atoms with Crippen LogP contribution < -0.4 is 10.6 Å². The van der Waals surface area contributed by atoms with Gasteiger partial charge >= 0.3 is 6.18 Å². The number of aromatic nitrogens is 4. The second-order valence-electron chi connectivity index (χ2n) is 7.30. The summed E-state index contributed by atoms with van der Waals surface area (Å²) in [6.45, 7) is 0.985. The van der Waals surface area contributed by atoms with E-state index in [0.717, 1.165) is 10.9 Å². The van der Waals surface area contributed by atoms with E-state index in [-0.39, 0.29) is 17.8 Å². The van der Waals surface area contributed by atoms with E-state index in [1.165, 1.54) is 24.3 Å². The van der Waals surface area contributed by atoms with Gasteiger partial charge in [0.2, 0.25) is 0 Å². The minimum Gasteiger partial charge on any atom is -0.363 e. The third-order valence-corrected chi connectivity index (χ3v) is 5.19. The number of benzene rings is 1. The highest BCUT2D eigenvalue weighted by Gasteiger charge is 2.47. The summed E-state index contributed by atoms with van der Waals surface area (Å²) in [5.74, 6) is -0.997. The lowest BCUT2D eigenvalue weighted by molar-refractivity contribution is -0.173. The number of alkyl halides is 3. The number of anilines is 1. The lowest BCUT2D eigenvalue weighted by Gasteiger charge is -2.34. The molecule has 0 bridgehead atoms. The highest BCUT2D eigenvalue weighted by molar-refractivity contribution is 5.98.